The number of hydrogen-bond donors (Lipinski definition) is 1. The highest BCUT2D eigenvalue weighted by molar-refractivity contribution is 7.16. The molecule has 1 aliphatic heterocycles. The lowest BCUT2D eigenvalue weighted by atomic mass is 9.81. The lowest BCUT2D eigenvalue weighted by Gasteiger charge is -2.19. The molecule has 7 heteroatoms. The fourth-order valence-electron chi connectivity index (χ4n) is 3.70. The van der Waals surface area contributed by atoms with Gasteiger partial charge in [-0.1, -0.05) is 12.8 Å². The summed E-state index contributed by atoms with van der Waals surface area (Å²) in [6, 6.07) is 2.11. The van der Waals surface area contributed by atoms with Crippen LogP contribution in [0, 0.1) is 37.0 Å². The van der Waals surface area contributed by atoms with E-state index in [1.165, 1.54) is 16.2 Å². The number of hydrogen-bond acceptors (Lipinski definition) is 5. The van der Waals surface area contributed by atoms with Crippen molar-refractivity contribution in [1.29, 1.82) is 5.26 Å². The highest BCUT2D eigenvalue weighted by Crippen LogP contribution is 2.38. The lowest BCUT2D eigenvalue weighted by Crippen LogP contribution is -2.34. The average Bonchev–Trinajstić information content (AvgIpc) is 3.00. The Kier molecular flexibility index (Phi) is 4.91. The number of fused-ring (bicyclic) bond motifs is 1. The molecule has 1 aliphatic carbocycles. The third kappa shape index (κ3) is 3.19. The van der Waals surface area contributed by atoms with Crippen molar-refractivity contribution in [1.82, 2.24) is 4.90 Å². The van der Waals surface area contributed by atoms with Crippen LogP contribution in [-0.2, 0) is 14.4 Å². The minimum atomic E-state index is -0.284. The second-order valence-corrected chi connectivity index (χ2v) is 7.95. The zero-order chi connectivity index (χ0) is 18.1. The Balaban J connectivity index is 1.61. The zero-order valence-electron chi connectivity index (χ0n) is 14.4. The van der Waals surface area contributed by atoms with Gasteiger partial charge in [-0.15, -0.1) is 11.3 Å². The van der Waals surface area contributed by atoms with Crippen LogP contribution in [0.3, 0.4) is 0 Å². The average molecular weight is 359 g/mol. The SMILES string of the molecule is Cc1sc(NC(=O)CCN2C(=O)C3CCCCC3C2=O)c(C#N)c1C. The van der Waals surface area contributed by atoms with Crippen molar-refractivity contribution in [2.75, 3.05) is 11.9 Å². The predicted octanol–water partition coefficient (Wildman–Crippen LogP) is 2.74. The molecule has 1 aromatic heterocycles. The molecular formula is C18H21N3O3S. The maximum atomic E-state index is 12.4. The minimum absolute atomic E-state index is 0.0534. The molecule has 25 heavy (non-hydrogen) atoms. The van der Waals surface area contributed by atoms with Crippen molar-refractivity contribution in [2.24, 2.45) is 11.8 Å². The van der Waals surface area contributed by atoms with Gasteiger partial charge in [-0.05, 0) is 32.3 Å². The first-order valence-electron chi connectivity index (χ1n) is 8.59. The number of rotatable bonds is 4. The van der Waals surface area contributed by atoms with Crippen LogP contribution in [0.25, 0.3) is 0 Å². The van der Waals surface area contributed by atoms with E-state index in [9.17, 15) is 19.6 Å². The number of carbonyl (C=O) groups excluding carboxylic acids is 3. The molecular weight excluding hydrogens is 338 g/mol. The first kappa shape index (κ1) is 17.6. The van der Waals surface area contributed by atoms with Crippen molar-refractivity contribution < 1.29 is 14.4 Å². The van der Waals surface area contributed by atoms with Crippen LogP contribution in [0.4, 0.5) is 5.00 Å². The molecule has 6 nitrogen and oxygen atoms in total. The van der Waals surface area contributed by atoms with E-state index in [1.54, 1.807) is 0 Å². The number of amides is 3. The van der Waals surface area contributed by atoms with Crippen molar-refractivity contribution >= 4 is 34.1 Å². The Morgan fingerprint density at radius 2 is 1.84 bits per heavy atom. The van der Waals surface area contributed by atoms with E-state index in [2.05, 4.69) is 11.4 Å². The Morgan fingerprint density at radius 1 is 1.24 bits per heavy atom. The van der Waals surface area contributed by atoms with Crippen LogP contribution >= 0.6 is 11.3 Å². The smallest absolute Gasteiger partial charge is 0.233 e. The topological polar surface area (TPSA) is 90.3 Å². The molecule has 0 spiro atoms. The Morgan fingerprint density at radius 3 is 2.40 bits per heavy atom. The number of nitrogens with zero attached hydrogens (tertiary/aromatic N) is 2. The summed E-state index contributed by atoms with van der Waals surface area (Å²) in [6.07, 6.45) is 3.58. The summed E-state index contributed by atoms with van der Waals surface area (Å²) in [5.74, 6) is -0.895. The molecule has 2 heterocycles. The van der Waals surface area contributed by atoms with Crippen LogP contribution in [-0.4, -0.2) is 29.2 Å². The number of likely N-dealkylation sites (tertiary alicyclic amines) is 1. The van der Waals surface area contributed by atoms with Crippen LogP contribution in [0.15, 0.2) is 0 Å². The van der Waals surface area contributed by atoms with Gasteiger partial charge in [0.1, 0.15) is 11.1 Å². The van der Waals surface area contributed by atoms with Crippen LogP contribution < -0.4 is 5.32 Å². The maximum Gasteiger partial charge on any atom is 0.233 e. The summed E-state index contributed by atoms with van der Waals surface area (Å²) >= 11 is 1.37. The Labute approximate surface area is 150 Å². The van der Waals surface area contributed by atoms with E-state index in [1.807, 2.05) is 13.8 Å². The number of aryl methyl sites for hydroxylation is 1. The lowest BCUT2D eigenvalue weighted by molar-refractivity contribution is -0.140. The van der Waals surface area contributed by atoms with Gasteiger partial charge < -0.3 is 5.32 Å². The molecule has 0 radical (unpaired) electrons. The number of imide groups is 1. The molecule has 0 bridgehead atoms. The maximum absolute atomic E-state index is 12.4. The molecule has 2 fully saturated rings. The number of carbonyl (C=O) groups is 3. The second kappa shape index (κ2) is 6.96. The van der Waals surface area contributed by atoms with Crippen LogP contribution in [0.2, 0.25) is 0 Å². The van der Waals surface area contributed by atoms with Gasteiger partial charge in [0.25, 0.3) is 0 Å². The summed E-state index contributed by atoms with van der Waals surface area (Å²) in [5.41, 5.74) is 1.35. The number of nitriles is 1. The summed E-state index contributed by atoms with van der Waals surface area (Å²) < 4.78 is 0. The molecule has 2 atom stereocenters. The first-order chi connectivity index (χ1) is 11.9. The van der Waals surface area contributed by atoms with Gasteiger partial charge in [0, 0.05) is 17.8 Å². The summed E-state index contributed by atoms with van der Waals surface area (Å²) in [4.78, 5) is 39.3. The van der Waals surface area contributed by atoms with Crippen molar-refractivity contribution in [3.63, 3.8) is 0 Å². The van der Waals surface area contributed by atoms with Crippen LogP contribution in [0.5, 0.6) is 0 Å². The van der Waals surface area contributed by atoms with Crippen molar-refractivity contribution in [3.05, 3.63) is 16.0 Å². The molecule has 1 saturated carbocycles. The van der Waals surface area contributed by atoms with E-state index in [-0.39, 0.29) is 42.5 Å². The van der Waals surface area contributed by atoms with E-state index >= 15 is 0 Å². The summed E-state index contributed by atoms with van der Waals surface area (Å²) in [5, 5.41) is 12.5. The standard InChI is InChI=1S/C18H21N3O3S/c1-10-11(2)25-16(14(10)9-19)20-15(22)7-8-21-17(23)12-5-3-4-6-13(12)18(21)24/h12-13H,3-8H2,1-2H3,(H,20,22). The molecule has 1 N–H and O–H groups in total. The number of anilines is 1. The van der Waals surface area contributed by atoms with Gasteiger partial charge in [-0.2, -0.15) is 5.26 Å². The normalized spacial score (nSPS) is 22.7. The molecule has 2 aliphatic rings. The Hall–Kier alpha value is -2.20. The third-order valence-electron chi connectivity index (χ3n) is 5.24. The highest BCUT2D eigenvalue weighted by atomic mass is 32.1. The third-order valence-corrected chi connectivity index (χ3v) is 6.37. The van der Waals surface area contributed by atoms with Crippen LogP contribution in [0.1, 0.15) is 48.1 Å². The first-order valence-corrected chi connectivity index (χ1v) is 9.40. The monoisotopic (exact) mass is 359 g/mol. The zero-order valence-corrected chi connectivity index (χ0v) is 15.2. The quantitative estimate of drug-likeness (QED) is 0.837. The van der Waals surface area contributed by atoms with Crippen molar-refractivity contribution in [2.45, 2.75) is 46.0 Å². The van der Waals surface area contributed by atoms with Gasteiger partial charge in [-0.25, -0.2) is 0 Å². The number of thiophene rings is 1. The largest absolute Gasteiger partial charge is 0.317 e. The number of nitrogens with one attached hydrogen (secondary N) is 1. The molecule has 132 valence electrons. The van der Waals surface area contributed by atoms with Gasteiger partial charge in [0.05, 0.1) is 17.4 Å². The van der Waals surface area contributed by atoms with Gasteiger partial charge in [0.15, 0.2) is 0 Å². The van der Waals surface area contributed by atoms with Gasteiger partial charge in [-0.3, -0.25) is 19.3 Å². The van der Waals surface area contributed by atoms with E-state index in [0.717, 1.165) is 36.1 Å². The molecule has 2 unspecified atom stereocenters. The fourth-order valence-corrected chi connectivity index (χ4v) is 4.73. The van der Waals surface area contributed by atoms with Gasteiger partial charge in [0.2, 0.25) is 17.7 Å². The predicted molar refractivity (Wildman–Crippen MR) is 93.9 cm³/mol. The molecule has 1 aromatic rings. The minimum Gasteiger partial charge on any atom is -0.317 e. The highest BCUT2D eigenvalue weighted by Gasteiger charge is 2.47. The molecule has 1 saturated heterocycles. The summed E-state index contributed by atoms with van der Waals surface area (Å²) in [7, 11) is 0. The molecule has 0 aromatic carbocycles. The van der Waals surface area contributed by atoms with E-state index in [0.29, 0.717) is 10.6 Å². The van der Waals surface area contributed by atoms with E-state index < -0.39 is 0 Å². The molecule has 3 rings (SSSR count). The van der Waals surface area contributed by atoms with Gasteiger partial charge >= 0.3 is 0 Å². The molecule has 3 amide bonds. The fraction of sp³-hybridized carbons (Fsp3) is 0.556. The second-order valence-electron chi connectivity index (χ2n) is 6.72. The van der Waals surface area contributed by atoms with E-state index in [4.69, 9.17) is 0 Å². The Bertz CT molecular complexity index is 753. The summed E-state index contributed by atoms with van der Waals surface area (Å²) in [6.45, 7) is 3.87. The van der Waals surface area contributed by atoms with Crippen molar-refractivity contribution in [3.8, 4) is 6.07 Å².